The van der Waals surface area contributed by atoms with Gasteiger partial charge in [-0.25, -0.2) is 12.8 Å². The van der Waals surface area contributed by atoms with E-state index in [0.29, 0.717) is 13.0 Å². The van der Waals surface area contributed by atoms with Crippen LogP contribution < -0.4 is 9.62 Å². The zero-order valence-electron chi connectivity index (χ0n) is 14.0. The highest BCUT2D eigenvalue weighted by Gasteiger charge is 2.35. The van der Waals surface area contributed by atoms with E-state index in [9.17, 15) is 17.6 Å². The number of anilines is 1. The summed E-state index contributed by atoms with van der Waals surface area (Å²) in [6.07, 6.45) is 0.381. The summed E-state index contributed by atoms with van der Waals surface area (Å²) < 4.78 is 40.2. The predicted molar refractivity (Wildman–Crippen MR) is 93.4 cm³/mol. The van der Waals surface area contributed by atoms with Gasteiger partial charge in [0.15, 0.2) is 0 Å². The molecular formula is C18H19FN2O3S. The lowest BCUT2D eigenvalue weighted by Gasteiger charge is -2.18. The van der Waals surface area contributed by atoms with Gasteiger partial charge in [-0.15, -0.1) is 0 Å². The second kappa shape index (κ2) is 6.57. The number of nitrogens with zero attached hydrogens (tertiary/aromatic N) is 1. The molecule has 3 rings (SSSR count). The van der Waals surface area contributed by atoms with Crippen molar-refractivity contribution in [3.8, 4) is 0 Å². The van der Waals surface area contributed by atoms with E-state index in [1.54, 1.807) is 4.90 Å². The van der Waals surface area contributed by atoms with Crippen molar-refractivity contribution in [1.82, 2.24) is 4.72 Å². The molecule has 0 aromatic heterocycles. The number of carbonyl (C=O) groups excluding carboxylic acids is 1. The molecular weight excluding hydrogens is 343 g/mol. The second-order valence-electron chi connectivity index (χ2n) is 6.17. The Morgan fingerprint density at radius 1 is 1.08 bits per heavy atom. The third-order valence-corrected chi connectivity index (χ3v) is 5.92. The van der Waals surface area contributed by atoms with Gasteiger partial charge in [-0.2, -0.15) is 4.72 Å². The largest absolute Gasteiger partial charge is 0.311 e. The van der Waals surface area contributed by atoms with Crippen LogP contribution in [0.1, 0.15) is 17.5 Å². The number of nitrogens with one attached hydrogen (secondary N) is 1. The number of halogens is 1. The van der Waals surface area contributed by atoms with Gasteiger partial charge in [0, 0.05) is 12.2 Å². The van der Waals surface area contributed by atoms with Crippen LogP contribution in [-0.4, -0.2) is 26.9 Å². The maximum atomic E-state index is 13.0. The minimum atomic E-state index is -3.88. The predicted octanol–water partition coefficient (Wildman–Crippen LogP) is 2.53. The number of carbonyl (C=O) groups is 1. The van der Waals surface area contributed by atoms with Crippen molar-refractivity contribution >= 4 is 21.6 Å². The van der Waals surface area contributed by atoms with E-state index in [1.807, 2.05) is 32.0 Å². The Bertz CT molecular complexity index is 910. The van der Waals surface area contributed by atoms with Gasteiger partial charge in [0.1, 0.15) is 11.9 Å². The molecule has 5 nitrogen and oxygen atoms in total. The zero-order valence-corrected chi connectivity index (χ0v) is 14.8. The molecule has 0 aliphatic carbocycles. The maximum absolute atomic E-state index is 13.0. The van der Waals surface area contributed by atoms with E-state index < -0.39 is 21.9 Å². The van der Waals surface area contributed by atoms with Crippen LogP contribution in [0.25, 0.3) is 0 Å². The first-order valence-electron chi connectivity index (χ1n) is 7.94. The summed E-state index contributed by atoms with van der Waals surface area (Å²) in [6.45, 7) is 4.40. The summed E-state index contributed by atoms with van der Waals surface area (Å²) in [5.74, 6) is -0.800. The Labute approximate surface area is 146 Å². The SMILES string of the molecule is Cc1ccc(N2CC[C@H](NS(=O)(=O)c3ccc(F)cc3)C2=O)cc1C. The molecule has 0 bridgehead atoms. The first-order chi connectivity index (χ1) is 11.8. The van der Waals surface area contributed by atoms with Gasteiger partial charge in [-0.05, 0) is 67.8 Å². The number of benzene rings is 2. The van der Waals surface area contributed by atoms with Gasteiger partial charge in [0.2, 0.25) is 15.9 Å². The van der Waals surface area contributed by atoms with E-state index in [1.165, 1.54) is 12.1 Å². The summed E-state index contributed by atoms with van der Waals surface area (Å²) in [5, 5.41) is 0. The molecule has 1 saturated heterocycles. The Morgan fingerprint density at radius 2 is 1.76 bits per heavy atom. The second-order valence-corrected chi connectivity index (χ2v) is 7.89. The summed E-state index contributed by atoms with van der Waals surface area (Å²) in [5.41, 5.74) is 2.96. The Morgan fingerprint density at radius 3 is 2.40 bits per heavy atom. The number of hydrogen-bond acceptors (Lipinski definition) is 3. The molecule has 0 unspecified atom stereocenters. The molecule has 2 aromatic rings. The van der Waals surface area contributed by atoms with Crippen LogP contribution in [0.5, 0.6) is 0 Å². The van der Waals surface area contributed by atoms with Crippen LogP contribution in [0.3, 0.4) is 0 Å². The van der Waals surface area contributed by atoms with Gasteiger partial charge in [-0.3, -0.25) is 4.79 Å². The van der Waals surface area contributed by atoms with E-state index in [0.717, 1.165) is 28.9 Å². The summed E-state index contributed by atoms with van der Waals surface area (Å²) >= 11 is 0. The molecule has 132 valence electrons. The van der Waals surface area contributed by atoms with Crippen LogP contribution in [0, 0.1) is 19.7 Å². The smallest absolute Gasteiger partial charge is 0.245 e. The molecule has 7 heteroatoms. The fourth-order valence-electron chi connectivity index (χ4n) is 2.81. The van der Waals surface area contributed by atoms with Crippen molar-refractivity contribution in [3.05, 3.63) is 59.4 Å². The first-order valence-corrected chi connectivity index (χ1v) is 9.43. The molecule has 0 saturated carbocycles. The maximum Gasteiger partial charge on any atom is 0.245 e. The van der Waals surface area contributed by atoms with Crippen molar-refractivity contribution in [2.24, 2.45) is 0 Å². The van der Waals surface area contributed by atoms with E-state index >= 15 is 0 Å². The third kappa shape index (κ3) is 3.57. The highest BCUT2D eigenvalue weighted by Crippen LogP contribution is 2.25. The molecule has 1 amide bonds. The molecule has 1 heterocycles. The standard InChI is InChI=1S/C18H19FN2O3S/c1-12-3-6-15(11-13(12)2)21-10-9-17(18(21)22)20-25(23,24)16-7-4-14(19)5-8-16/h3-8,11,17,20H,9-10H2,1-2H3/t17-/m0/s1. The topological polar surface area (TPSA) is 66.5 Å². The lowest BCUT2D eigenvalue weighted by molar-refractivity contribution is -0.118. The molecule has 0 radical (unpaired) electrons. The average molecular weight is 362 g/mol. The Kier molecular flexibility index (Phi) is 4.62. The highest BCUT2D eigenvalue weighted by atomic mass is 32.2. The van der Waals surface area contributed by atoms with Crippen LogP contribution >= 0.6 is 0 Å². The van der Waals surface area contributed by atoms with Gasteiger partial charge in [0.05, 0.1) is 4.90 Å². The summed E-state index contributed by atoms with van der Waals surface area (Å²) in [7, 11) is -3.88. The number of amides is 1. The zero-order chi connectivity index (χ0) is 18.2. The summed E-state index contributed by atoms with van der Waals surface area (Å²) in [4.78, 5) is 14.1. The van der Waals surface area contributed by atoms with E-state index in [4.69, 9.17) is 0 Å². The van der Waals surface area contributed by atoms with Crippen LogP contribution in [-0.2, 0) is 14.8 Å². The Hall–Kier alpha value is -2.25. The normalized spacial score (nSPS) is 18.0. The molecule has 1 atom stereocenters. The van der Waals surface area contributed by atoms with Crippen molar-refractivity contribution in [3.63, 3.8) is 0 Å². The number of hydrogen-bond donors (Lipinski definition) is 1. The molecule has 1 aliphatic rings. The van der Waals surface area contributed by atoms with Crippen LogP contribution in [0.15, 0.2) is 47.4 Å². The number of sulfonamides is 1. The third-order valence-electron chi connectivity index (χ3n) is 4.43. The fraction of sp³-hybridized carbons (Fsp3) is 0.278. The Balaban J connectivity index is 1.77. The lowest BCUT2D eigenvalue weighted by Crippen LogP contribution is -2.41. The first kappa shape index (κ1) is 17.6. The molecule has 25 heavy (non-hydrogen) atoms. The molecule has 0 spiro atoms. The van der Waals surface area contributed by atoms with Crippen LogP contribution in [0.4, 0.5) is 10.1 Å². The highest BCUT2D eigenvalue weighted by molar-refractivity contribution is 7.89. The van der Waals surface area contributed by atoms with E-state index in [2.05, 4.69) is 4.72 Å². The van der Waals surface area contributed by atoms with Crippen molar-refractivity contribution < 1.29 is 17.6 Å². The minimum absolute atomic E-state index is 0.0636. The molecule has 1 aliphatic heterocycles. The molecule has 2 aromatic carbocycles. The lowest BCUT2D eigenvalue weighted by atomic mass is 10.1. The number of rotatable bonds is 4. The molecule has 1 N–H and O–H groups in total. The van der Waals surface area contributed by atoms with Gasteiger partial charge in [-0.1, -0.05) is 6.07 Å². The minimum Gasteiger partial charge on any atom is -0.311 e. The fourth-order valence-corrected chi connectivity index (χ4v) is 4.03. The van der Waals surface area contributed by atoms with Gasteiger partial charge < -0.3 is 4.90 Å². The monoisotopic (exact) mass is 362 g/mol. The molecule has 1 fully saturated rings. The number of aryl methyl sites for hydroxylation is 2. The quantitative estimate of drug-likeness (QED) is 0.909. The van der Waals surface area contributed by atoms with E-state index in [-0.39, 0.29) is 10.8 Å². The van der Waals surface area contributed by atoms with Gasteiger partial charge in [0.25, 0.3) is 0 Å². The van der Waals surface area contributed by atoms with Gasteiger partial charge >= 0.3 is 0 Å². The van der Waals surface area contributed by atoms with Crippen LogP contribution in [0.2, 0.25) is 0 Å². The van der Waals surface area contributed by atoms with Crippen molar-refractivity contribution in [2.45, 2.75) is 31.2 Å². The van der Waals surface area contributed by atoms with Crippen molar-refractivity contribution in [1.29, 1.82) is 0 Å². The van der Waals surface area contributed by atoms with Crippen molar-refractivity contribution in [2.75, 3.05) is 11.4 Å². The average Bonchev–Trinajstić information content (AvgIpc) is 2.91. The summed E-state index contributed by atoms with van der Waals surface area (Å²) in [6, 6.07) is 9.40.